The predicted octanol–water partition coefficient (Wildman–Crippen LogP) is 7.25. The van der Waals surface area contributed by atoms with E-state index in [1.54, 1.807) is 18.2 Å². The molecule has 0 N–H and O–H groups in total. The van der Waals surface area contributed by atoms with Gasteiger partial charge in [0.2, 0.25) is 0 Å². The normalized spacial score (nSPS) is 27.9. The van der Waals surface area contributed by atoms with Gasteiger partial charge in [0.05, 0.1) is 0 Å². The second-order valence-corrected chi connectivity index (χ2v) is 8.61. The van der Waals surface area contributed by atoms with E-state index in [-0.39, 0.29) is 5.82 Å². The lowest BCUT2D eigenvalue weighted by atomic mass is 9.63. The summed E-state index contributed by atoms with van der Waals surface area (Å²) in [5.74, 6) is 3.46. The van der Waals surface area contributed by atoms with Crippen LogP contribution in [-0.4, -0.2) is 6.61 Å². The first kappa shape index (κ1) is 18.5. The summed E-state index contributed by atoms with van der Waals surface area (Å²) in [5, 5.41) is 2.02. The minimum atomic E-state index is -0.289. The lowest BCUT2D eigenvalue weighted by Crippen LogP contribution is -2.30. The molecule has 0 spiro atoms. The van der Waals surface area contributed by atoms with Crippen LogP contribution in [0.3, 0.4) is 0 Å². The van der Waals surface area contributed by atoms with Crippen molar-refractivity contribution in [2.45, 2.75) is 57.8 Å². The van der Waals surface area contributed by atoms with Crippen LogP contribution in [0, 0.1) is 23.6 Å². The third kappa shape index (κ3) is 3.90. The molecule has 0 aliphatic heterocycles. The molecule has 0 radical (unpaired) electrons. The fraction of sp³-hybridized carbons (Fsp3) is 0.520. The molecule has 2 fully saturated rings. The van der Waals surface area contributed by atoms with Crippen LogP contribution in [0.1, 0.15) is 63.4 Å². The topological polar surface area (TPSA) is 9.23 Å². The molecule has 0 amide bonds. The summed E-state index contributed by atoms with van der Waals surface area (Å²) in [7, 11) is 0. The number of halogens is 1. The molecule has 27 heavy (non-hydrogen) atoms. The molecule has 0 saturated heterocycles. The maximum atomic E-state index is 14.3. The maximum Gasteiger partial charge on any atom is 0.165 e. The van der Waals surface area contributed by atoms with E-state index in [0.29, 0.717) is 18.3 Å². The van der Waals surface area contributed by atoms with Gasteiger partial charge in [-0.3, -0.25) is 0 Å². The van der Waals surface area contributed by atoms with Crippen molar-refractivity contribution in [2.75, 3.05) is 6.61 Å². The van der Waals surface area contributed by atoms with E-state index in [1.807, 2.05) is 0 Å². The fourth-order valence-electron chi connectivity index (χ4n) is 5.44. The Kier molecular flexibility index (Phi) is 5.52. The summed E-state index contributed by atoms with van der Waals surface area (Å²) < 4.78 is 19.8. The highest BCUT2D eigenvalue weighted by Crippen LogP contribution is 2.48. The molecule has 0 aromatic heterocycles. The molecule has 2 aliphatic carbocycles. The fourth-order valence-corrected chi connectivity index (χ4v) is 5.44. The Hall–Kier alpha value is -1.83. The summed E-state index contributed by atoms with van der Waals surface area (Å²) in [6, 6.07) is 10.0. The Balaban J connectivity index is 1.52. The molecule has 4 atom stereocenters. The number of ether oxygens (including phenoxy) is 1. The van der Waals surface area contributed by atoms with Gasteiger partial charge in [-0.2, -0.15) is 0 Å². The molecule has 4 rings (SSSR count). The lowest BCUT2D eigenvalue weighted by molar-refractivity contribution is 0.116. The Bertz CT molecular complexity index is 811. The van der Waals surface area contributed by atoms with E-state index in [2.05, 4.69) is 31.7 Å². The molecular weight excluding hydrogens is 335 g/mol. The van der Waals surface area contributed by atoms with Crippen molar-refractivity contribution in [3.63, 3.8) is 0 Å². The number of fused-ring (bicyclic) bond motifs is 2. The second kappa shape index (κ2) is 8.04. The Morgan fingerprint density at radius 3 is 2.67 bits per heavy atom. The zero-order valence-electron chi connectivity index (χ0n) is 16.4. The minimum Gasteiger partial charge on any atom is -0.486 e. The van der Waals surface area contributed by atoms with Crippen LogP contribution in [0.15, 0.2) is 43.0 Å². The van der Waals surface area contributed by atoms with Crippen molar-refractivity contribution in [1.29, 1.82) is 0 Å². The molecule has 0 heterocycles. The van der Waals surface area contributed by atoms with Gasteiger partial charge in [0.1, 0.15) is 6.61 Å². The highest BCUT2D eigenvalue weighted by Gasteiger charge is 2.35. The van der Waals surface area contributed by atoms with Crippen molar-refractivity contribution in [3.8, 4) is 5.75 Å². The first-order valence-electron chi connectivity index (χ1n) is 10.6. The van der Waals surface area contributed by atoms with Gasteiger partial charge in [0.25, 0.3) is 0 Å². The monoisotopic (exact) mass is 366 g/mol. The van der Waals surface area contributed by atoms with Crippen molar-refractivity contribution in [2.24, 2.45) is 17.8 Å². The van der Waals surface area contributed by atoms with Crippen LogP contribution < -0.4 is 4.74 Å². The molecule has 2 saturated carbocycles. The van der Waals surface area contributed by atoms with Crippen molar-refractivity contribution < 1.29 is 9.13 Å². The summed E-state index contributed by atoms with van der Waals surface area (Å²) in [6.45, 7) is 6.29. The third-order valence-corrected chi connectivity index (χ3v) is 7.04. The van der Waals surface area contributed by atoms with E-state index in [0.717, 1.165) is 28.5 Å². The third-order valence-electron chi connectivity index (χ3n) is 7.04. The number of hydrogen-bond acceptors (Lipinski definition) is 1. The number of hydrogen-bond donors (Lipinski definition) is 0. The average Bonchev–Trinajstić information content (AvgIpc) is 2.71. The molecule has 2 heteroatoms. The van der Waals surface area contributed by atoms with Crippen LogP contribution in [0.2, 0.25) is 0 Å². The van der Waals surface area contributed by atoms with Crippen molar-refractivity contribution >= 4 is 10.8 Å². The van der Waals surface area contributed by atoms with E-state index in [1.165, 1.54) is 50.5 Å². The minimum absolute atomic E-state index is 0.289. The zero-order chi connectivity index (χ0) is 18.8. The van der Waals surface area contributed by atoms with Crippen molar-refractivity contribution in [3.05, 3.63) is 54.4 Å². The summed E-state index contributed by atoms with van der Waals surface area (Å²) in [4.78, 5) is 0. The first-order chi connectivity index (χ1) is 13.2. The molecular formula is C25H31FO. The van der Waals surface area contributed by atoms with Gasteiger partial charge in [-0.05, 0) is 84.2 Å². The summed E-state index contributed by atoms with van der Waals surface area (Å²) in [6.07, 6.45) is 11.2. The standard InChI is InChI=1S/C25H31FO/c1-3-11-27-25-16-22-10-9-21(14-23(22)15-24(25)26)20-8-7-18-12-17(4-2)5-6-19(18)13-20/h3,9-10,14-20H,1,4-8,11-13H2,2H3. The Morgan fingerprint density at radius 2 is 1.85 bits per heavy atom. The lowest BCUT2D eigenvalue weighted by Gasteiger charge is -2.42. The first-order valence-corrected chi connectivity index (χ1v) is 10.6. The van der Waals surface area contributed by atoms with Crippen LogP contribution in [-0.2, 0) is 0 Å². The van der Waals surface area contributed by atoms with Gasteiger partial charge in [0.15, 0.2) is 11.6 Å². The van der Waals surface area contributed by atoms with Crippen LogP contribution >= 0.6 is 0 Å². The number of benzene rings is 2. The van der Waals surface area contributed by atoms with Gasteiger partial charge >= 0.3 is 0 Å². The van der Waals surface area contributed by atoms with Crippen LogP contribution in [0.25, 0.3) is 10.8 Å². The molecule has 2 aromatic rings. The molecule has 2 aromatic carbocycles. The van der Waals surface area contributed by atoms with E-state index in [4.69, 9.17) is 4.74 Å². The Morgan fingerprint density at radius 1 is 1.04 bits per heavy atom. The summed E-state index contributed by atoms with van der Waals surface area (Å²) >= 11 is 0. The largest absolute Gasteiger partial charge is 0.486 e. The van der Waals surface area contributed by atoms with E-state index < -0.39 is 0 Å². The predicted molar refractivity (Wildman–Crippen MR) is 111 cm³/mol. The zero-order valence-corrected chi connectivity index (χ0v) is 16.4. The van der Waals surface area contributed by atoms with Gasteiger partial charge in [-0.25, -0.2) is 4.39 Å². The highest BCUT2D eigenvalue weighted by atomic mass is 19.1. The summed E-state index contributed by atoms with van der Waals surface area (Å²) in [5.41, 5.74) is 1.39. The smallest absolute Gasteiger partial charge is 0.165 e. The maximum absolute atomic E-state index is 14.3. The Labute approximate surface area is 162 Å². The second-order valence-electron chi connectivity index (χ2n) is 8.61. The average molecular weight is 367 g/mol. The van der Waals surface area contributed by atoms with E-state index >= 15 is 0 Å². The van der Waals surface area contributed by atoms with Crippen molar-refractivity contribution in [1.82, 2.24) is 0 Å². The molecule has 144 valence electrons. The van der Waals surface area contributed by atoms with Gasteiger partial charge in [-0.1, -0.05) is 50.6 Å². The molecule has 4 unspecified atom stereocenters. The molecule has 1 nitrogen and oxygen atoms in total. The van der Waals surface area contributed by atoms with Crippen LogP contribution in [0.5, 0.6) is 5.75 Å². The van der Waals surface area contributed by atoms with Gasteiger partial charge < -0.3 is 4.74 Å². The number of rotatable bonds is 5. The highest BCUT2D eigenvalue weighted by molar-refractivity contribution is 5.84. The molecule has 2 aliphatic rings. The van der Waals surface area contributed by atoms with Gasteiger partial charge in [-0.15, -0.1) is 0 Å². The molecule has 0 bridgehead atoms. The van der Waals surface area contributed by atoms with Crippen LogP contribution in [0.4, 0.5) is 4.39 Å². The van der Waals surface area contributed by atoms with E-state index in [9.17, 15) is 4.39 Å². The quantitative estimate of drug-likeness (QED) is 0.506. The van der Waals surface area contributed by atoms with Gasteiger partial charge in [0, 0.05) is 0 Å². The SMILES string of the molecule is C=CCOc1cc2ccc(C3CCC4CC(CC)CCC4C3)cc2cc1F.